The van der Waals surface area contributed by atoms with E-state index >= 15 is 0 Å². The van der Waals surface area contributed by atoms with Gasteiger partial charge in [-0.1, -0.05) is 16.8 Å². The second-order valence-electron chi connectivity index (χ2n) is 6.54. The summed E-state index contributed by atoms with van der Waals surface area (Å²) in [6.45, 7) is 9.03. The molecule has 0 amide bonds. The SMILES string of the molecule is Cc1ccc2nccc(N3CCN(Cc4cc(C)on4)CC3)c2c1. The molecular weight excluding hydrogens is 300 g/mol. The van der Waals surface area contributed by atoms with Crippen LogP contribution in [0.3, 0.4) is 0 Å². The first-order chi connectivity index (χ1) is 11.7. The molecule has 0 atom stereocenters. The van der Waals surface area contributed by atoms with Gasteiger partial charge in [0.2, 0.25) is 0 Å². The first kappa shape index (κ1) is 15.1. The number of pyridine rings is 1. The maximum absolute atomic E-state index is 5.16. The van der Waals surface area contributed by atoms with Crippen molar-refractivity contribution >= 4 is 16.6 Å². The molecule has 4 rings (SSSR count). The molecule has 5 heteroatoms. The lowest BCUT2D eigenvalue weighted by molar-refractivity contribution is 0.242. The summed E-state index contributed by atoms with van der Waals surface area (Å²) in [6, 6.07) is 10.6. The lowest BCUT2D eigenvalue weighted by Crippen LogP contribution is -2.46. The van der Waals surface area contributed by atoms with Gasteiger partial charge in [-0.3, -0.25) is 9.88 Å². The van der Waals surface area contributed by atoms with Crippen molar-refractivity contribution in [2.75, 3.05) is 31.1 Å². The van der Waals surface area contributed by atoms with Crippen LogP contribution < -0.4 is 4.90 Å². The highest BCUT2D eigenvalue weighted by Gasteiger charge is 2.19. The summed E-state index contributed by atoms with van der Waals surface area (Å²) in [5.41, 5.74) is 4.65. The topological polar surface area (TPSA) is 45.4 Å². The first-order valence-corrected chi connectivity index (χ1v) is 8.44. The van der Waals surface area contributed by atoms with Crippen LogP contribution in [-0.4, -0.2) is 41.2 Å². The predicted octanol–water partition coefficient (Wildman–Crippen LogP) is 3.16. The molecule has 2 aromatic heterocycles. The molecule has 1 aliphatic rings. The van der Waals surface area contributed by atoms with E-state index in [4.69, 9.17) is 4.52 Å². The first-order valence-electron chi connectivity index (χ1n) is 8.44. The average Bonchev–Trinajstić information content (AvgIpc) is 3.00. The molecule has 1 fully saturated rings. The van der Waals surface area contributed by atoms with Crippen molar-refractivity contribution in [1.82, 2.24) is 15.0 Å². The molecule has 0 unspecified atom stereocenters. The Hall–Kier alpha value is -2.40. The third kappa shape index (κ3) is 2.99. The van der Waals surface area contributed by atoms with E-state index in [2.05, 4.69) is 51.1 Å². The second-order valence-corrected chi connectivity index (χ2v) is 6.54. The Labute approximate surface area is 141 Å². The molecule has 124 valence electrons. The van der Waals surface area contributed by atoms with Crippen molar-refractivity contribution in [2.45, 2.75) is 20.4 Å². The number of anilines is 1. The maximum atomic E-state index is 5.16. The van der Waals surface area contributed by atoms with E-state index < -0.39 is 0 Å². The number of aromatic nitrogens is 2. The largest absolute Gasteiger partial charge is 0.368 e. The zero-order valence-corrected chi connectivity index (χ0v) is 14.2. The fraction of sp³-hybridized carbons (Fsp3) is 0.368. The lowest BCUT2D eigenvalue weighted by atomic mass is 10.1. The Balaban J connectivity index is 1.49. The normalized spacial score (nSPS) is 16.0. The van der Waals surface area contributed by atoms with Crippen molar-refractivity contribution < 1.29 is 4.52 Å². The minimum Gasteiger partial charge on any atom is -0.368 e. The quantitative estimate of drug-likeness (QED) is 0.741. The number of benzene rings is 1. The van der Waals surface area contributed by atoms with Crippen LogP contribution >= 0.6 is 0 Å². The number of fused-ring (bicyclic) bond motifs is 1. The fourth-order valence-electron chi connectivity index (χ4n) is 3.39. The van der Waals surface area contributed by atoms with Gasteiger partial charge in [0.15, 0.2) is 0 Å². The third-order valence-corrected chi connectivity index (χ3v) is 4.65. The van der Waals surface area contributed by atoms with Gasteiger partial charge in [-0.15, -0.1) is 0 Å². The van der Waals surface area contributed by atoms with E-state index in [0.29, 0.717) is 0 Å². The summed E-state index contributed by atoms with van der Waals surface area (Å²) < 4.78 is 5.16. The van der Waals surface area contributed by atoms with E-state index in [1.165, 1.54) is 16.6 Å². The maximum Gasteiger partial charge on any atom is 0.133 e. The molecule has 1 saturated heterocycles. The molecule has 0 aliphatic carbocycles. The van der Waals surface area contributed by atoms with E-state index in [9.17, 15) is 0 Å². The minimum atomic E-state index is 0.862. The monoisotopic (exact) mass is 322 g/mol. The third-order valence-electron chi connectivity index (χ3n) is 4.65. The van der Waals surface area contributed by atoms with Crippen LogP contribution in [0.15, 0.2) is 41.1 Å². The molecule has 0 saturated carbocycles. The van der Waals surface area contributed by atoms with Crippen LogP contribution in [0.2, 0.25) is 0 Å². The van der Waals surface area contributed by atoms with Crippen molar-refractivity contribution in [3.63, 3.8) is 0 Å². The van der Waals surface area contributed by atoms with Gasteiger partial charge in [-0.25, -0.2) is 0 Å². The Kier molecular flexibility index (Phi) is 3.94. The van der Waals surface area contributed by atoms with Gasteiger partial charge in [0.05, 0.1) is 11.2 Å². The molecule has 0 spiro atoms. The van der Waals surface area contributed by atoms with Crippen LogP contribution in [0.4, 0.5) is 5.69 Å². The predicted molar refractivity (Wildman–Crippen MR) is 95.2 cm³/mol. The standard InChI is InChI=1S/C19H22N4O/c1-14-3-4-18-17(11-14)19(5-6-20-18)23-9-7-22(8-10-23)13-16-12-15(2)24-21-16/h3-6,11-12H,7-10,13H2,1-2H3. The van der Waals surface area contributed by atoms with Crippen LogP contribution in [0.5, 0.6) is 0 Å². The second kappa shape index (κ2) is 6.24. The van der Waals surface area contributed by atoms with E-state index in [1.807, 2.05) is 19.2 Å². The summed E-state index contributed by atoms with van der Waals surface area (Å²) >= 11 is 0. The van der Waals surface area contributed by atoms with E-state index in [-0.39, 0.29) is 0 Å². The van der Waals surface area contributed by atoms with Gasteiger partial charge < -0.3 is 9.42 Å². The Morgan fingerprint density at radius 3 is 2.62 bits per heavy atom. The molecule has 3 aromatic rings. The van der Waals surface area contributed by atoms with Crippen LogP contribution in [0.1, 0.15) is 17.0 Å². The van der Waals surface area contributed by atoms with Crippen molar-refractivity contribution in [3.05, 3.63) is 53.5 Å². The van der Waals surface area contributed by atoms with Gasteiger partial charge >= 0.3 is 0 Å². The van der Waals surface area contributed by atoms with Crippen LogP contribution in [0, 0.1) is 13.8 Å². The number of aryl methyl sites for hydroxylation is 2. The molecule has 24 heavy (non-hydrogen) atoms. The molecule has 5 nitrogen and oxygen atoms in total. The number of piperazine rings is 1. The van der Waals surface area contributed by atoms with E-state index in [0.717, 1.165) is 49.7 Å². The fourth-order valence-corrected chi connectivity index (χ4v) is 3.39. The van der Waals surface area contributed by atoms with Crippen LogP contribution in [-0.2, 0) is 6.54 Å². The number of hydrogen-bond donors (Lipinski definition) is 0. The van der Waals surface area contributed by atoms with Crippen molar-refractivity contribution in [2.24, 2.45) is 0 Å². The molecule has 0 radical (unpaired) electrons. The highest BCUT2D eigenvalue weighted by atomic mass is 16.5. The Bertz CT molecular complexity index is 849. The number of nitrogens with zero attached hydrogens (tertiary/aromatic N) is 4. The smallest absolute Gasteiger partial charge is 0.133 e. The molecule has 1 aliphatic heterocycles. The molecular formula is C19H22N4O. The number of rotatable bonds is 3. The molecule has 3 heterocycles. The van der Waals surface area contributed by atoms with Crippen molar-refractivity contribution in [3.8, 4) is 0 Å². The lowest BCUT2D eigenvalue weighted by Gasteiger charge is -2.36. The van der Waals surface area contributed by atoms with Gasteiger partial charge in [0, 0.05) is 56.1 Å². The Morgan fingerprint density at radius 2 is 1.88 bits per heavy atom. The zero-order chi connectivity index (χ0) is 16.5. The molecule has 0 N–H and O–H groups in total. The van der Waals surface area contributed by atoms with E-state index in [1.54, 1.807) is 0 Å². The summed E-state index contributed by atoms with van der Waals surface area (Å²) in [6.07, 6.45) is 1.91. The van der Waals surface area contributed by atoms with Gasteiger partial charge in [0.25, 0.3) is 0 Å². The van der Waals surface area contributed by atoms with Crippen molar-refractivity contribution in [1.29, 1.82) is 0 Å². The molecule has 1 aromatic carbocycles. The van der Waals surface area contributed by atoms with Gasteiger partial charge in [-0.2, -0.15) is 0 Å². The highest BCUT2D eigenvalue weighted by Crippen LogP contribution is 2.27. The average molecular weight is 322 g/mol. The summed E-state index contributed by atoms with van der Waals surface area (Å²) in [4.78, 5) is 9.39. The van der Waals surface area contributed by atoms with Gasteiger partial charge in [-0.05, 0) is 32.0 Å². The molecule has 0 bridgehead atoms. The zero-order valence-electron chi connectivity index (χ0n) is 14.2. The summed E-state index contributed by atoms with van der Waals surface area (Å²) in [5.74, 6) is 0.877. The Morgan fingerprint density at radius 1 is 1.04 bits per heavy atom. The van der Waals surface area contributed by atoms with Gasteiger partial charge in [0.1, 0.15) is 5.76 Å². The minimum absolute atomic E-state index is 0.862. The summed E-state index contributed by atoms with van der Waals surface area (Å²) in [5, 5.41) is 5.35. The summed E-state index contributed by atoms with van der Waals surface area (Å²) in [7, 11) is 0. The highest BCUT2D eigenvalue weighted by molar-refractivity contribution is 5.92. The number of hydrogen-bond acceptors (Lipinski definition) is 5. The van der Waals surface area contributed by atoms with Crippen LogP contribution in [0.25, 0.3) is 10.9 Å².